The summed E-state index contributed by atoms with van der Waals surface area (Å²) in [6.07, 6.45) is -0.883. The summed E-state index contributed by atoms with van der Waals surface area (Å²) >= 11 is 11.8. The summed E-state index contributed by atoms with van der Waals surface area (Å²) < 4.78 is 13.0. The maximum absolute atomic E-state index is 13.0. The van der Waals surface area contributed by atoms with Gasteiger partial charge in [0.25, 0.3) is 0 Å². The van der Waals surface area contributed by atoms with Crippen LogP contribution in [0.2, 0.25) is 10.0 Å². The first-order valence-corrected chi connectivity index (χ1v) is 6.83. The molecule has 0 saturated carbocycles. The molecular weight excluding hydrogens is 314 g/mol. The SMILES string of the molecule is N#Cc1cc(F)ccc1NCC(O)c1ccc(Cl)cc1Cl. The van der Waals surface area contributed by atoms with Crippen molar-refractivity contribution < 1.29 is 9.50 Å². The van der Waals surface area contributed by atoms with E-state index in [1.54, 1.807) is 18.2 Å². The van der Waals surface area contributed by atoms with Crippen LogP contribution < -0.4 is 5.32 Å². The summed E-state index contributed by atoms with van der Waals surface area (Å²) in [5.74, 6) is -0.488. The Morgan fingerprint density at radius 1 is 1.24 bits per heavy atom. The molecule has 0 aliphatic heterocycles. The molecule has 0 heterocycles. The van der Waals surface area contributed by atoms with Gasteiger partial charge in [0.2, 0.25) is 0 Å². The largest absolute Gasteiger partial charge is 0.387 e. The molecule has 0 fully saturated rings. The average Bonchev–Trinajstić information content (AvgIpc) is 2.45. The number of aliphatic hydroxyl groups excluding tert-OH is 1. The van der Waals surface area contributed by atoms with Crippen molar-refractivity contribution in [1.82, 2.24) is 0 Å². The van der Waals surface area contributed by atoms with E-state index in [-0.39, 0.29) is 12.1 Å². The summed E-state index contributed by atoms with van der Waals surface area (Å²) in [7, 11) is 0. The van der Waals surface area contributed by atoms with E-state index in [0.29, 0.717) is 21.3 Å². The Morgan fingerprint density at radius 2 is 2.00 bits per heavy atom. The second kappa shape index (κ2) is 6.77. The van der Waals surface area contributed by atoms with E-state index in [1.807, 2.05) is 6.07 Å². The van der Waals surface area contributed by atoms with Crippen molar-refractivity contribution in [3.05, 3.63) is 63.4 Å². The van der Waals surface area contributed by atoms with E-state index in [0.717, 1.165) is 6.07 Å². The molecule has 2 aromatic rings. The molecular formula is C15H11Cl2FN2O. The molecule has 1 atom stereocenters. The highest BCUT2D eigenvalue weighted by molar-refractivity contribution is 6.35. The maximum atomic E-state index is 13.0. The smallest absolute Gasteiger partial charge is 0.124 e. The Hall–Kier alpha value is -1.80. The zero-order chi connectivity index (χ0) is 15.4. The highest BCUT2D eigenvalue weighted by Crippen LogP contribution is 2.27. The molecule has 1 unspecified atom stereocenters. The molecule has 0 bridgehead atoms. The van der Waals surface area contributed by atoms with E-state index < -0.39 is 11.9 Å². The normalized spacial score (nSPS) is 11.8. The number of aliphatic hydroxyl groups is 1. The summed E-state index contributed by atoms with van der Waals surface area (Å²) in [6, 6.07) is 10.5. The minimum absolute atomic E-state index is 0.127. The van der Waals surface area contributed by atoms with Crippen LogP contribution in [0, 0.1) is 17.1 Å². The topological polar surface area (TPSA) is 56.0 Å². The van der Waals surface area contributed by atoms with Gasteiger partial charge in [-0.3, -0.25) is 0 Å². The van der Waals surface area contributed by atoms with Crippen molar-refractivity contribution in [2.24, 2.45) is 0 Å². The van der Waals surface area contributed by atoms with Crippen molar-refractivity contribution in [3.8, 4) is 6.07 Å². The van der Waals surface area contributed by atoms with Gasteiger partial charge in [-0.25, -0.2) is 4.39 Å². The quantitative estimate of drug-likeness (QED) is 0.888. The maximum Gasteiger partial charge on any atom is 0.124 e. The van der Waals surface area contributed by atoms with E-state index in [9.17, 15) is 9.50 Å². The number of nitrogens with zero attached hydrogens (tertiary/aromatic N) is 1. The van der Waals surface area contributed by atoms with Gasteiger partial charge >= 0.3 is 0 Å². The van der Waals surface area contributed by atoms with Gasteiger partial charge in [0.15, 0.2) is 0 Å². The number of halogens is 3. The monoisotopic (exact) mass is 324 g/mol. The van der Waals surface area contributed by atoms with Gasteiger partial charge in [-0.1, -0.05) is 29.3 Å². The molecule has 2 rings (SSSR count). The van der Waals surface area contributed by atoms with Crippen molar-refractivity contribution >= 4 is 28.9 Å². The Morgan fingerprint density at radius 3 is 2.67 bits per heavy atom. The zero-order valence-corrected chi connectivity index (χ0v) is 12.3. The van der Waals surface area contributed by atoms with Crippen LogP contribution in [-0.2, 0) is 0 Å². The average molecular weight is 325 g/mol. The van der Waals surface area contributed by atoms with Crippen molar-refractivity contribution in [2.45, 2.75) is 6.10 Å². The van der Waals surface area contributed by atoms with Gasteiger partial charge in [0, 0.05) is 22.2 Å². The fourth-order valence-electron chi connectivity index (χ4n) is 1.85. The minimum Gasteiger partial charge on any atom is -0.387 e. The van der Waals surface area contributed by atoms with Crippen LogP contribution in [0.3, 0.4) is 0 Å². The summed E-state index contributed by atoms with van der Waals surface area (Å²) in [4.78, 5) is 0. The van der Waals surface area contributed by atoms with E-state index in [1.165, 1.54) is 12.1 Å². The number of nitriles is 1. The van der Waals surface area contributed by atoms with Crippen LogP contribution >= 0.6 is 23.2 Å². The molecule has 0 spiro atoms. The van der Waals surface area contributed by atoms with E-state index >= 15 is 0 Å². The number of hydrogen-bond acceptors (Lipinski definition) is 3. The Balaban J connectivity index is 2.11. The molecule has 2 N–H and O–H groups in total. The van der Waals surface area contributed by atoms with Crippen LogP contribution in [0.1, 0.15) is 17.2 Å². The Kier molecular flexibility index (Phi) is 5.03. The van der Waals surface area contributed by atoms with Crippen molar-refractivity contribution in [1.29, 1.82) is 5.26 Å². The lowest BCUT2D eigenvalue weighted by Gasteiger charge is -2.15. The van der Waals surface area contributed by atoms with E-state index in [4.69, 9.17) is 28.5 Å². The number of nitrogens with one attached hydrogen (secondary N) is 1. The first-order valence-electron chi connectivity index (χ1n) is 6.08. The van der Waals surface area contributed by atoms with Crippen LogP contribution in [0.4, 0.5) is 10.1 Å². The van der Waals surface area contributed by atoms with Crippen LogP contribution in [-0.4, -0.2) is 11.7 Å². The lowest BCUT2D eigenvalue weighted by Crippen LogP contribution is -2.13. The molecule has 21 heavy (non-hydrogen) atoms. The fourth-order valence-corrected chi connectivity index (χ4v) is 2.39. The molecule has 108 valence electrons. The van der Waals surface area contributed by atoms with Crippen LogP contribution in [0.5, 0.6) is 0 Å². The molecule has 0 aliphatic carbocycles. The van der Waals surface area contributed by atoms with Crippen LogP contribution in [0.25, 0.3) is 0 Å². The minimum atomic E-state index is -0.883. The second-order valence-electron chi connectivity index (χ2n) is 4.36. The third-order valence-electron chi connectivity index (χ3n) is 2.91. The summed E-state index contributed by atoms with van der Waals surface area (Å²) in [5, 5.41) is 22.8. The molecule has 0 aromatic heterocycles. The number of rotatable bonds is 4. The van der Waals surface area contributed by atoms with Gasteiger partial charge in [0.05, 0.1) is 17.4 Å². The molecule has 2 aromatic carbocycles. The van der Waals surface area contributed by atoms with Gasteiger partial charge in [-0.2, -0.15) is 5.26 Å². The Labute approximate surface area is 131 Å². The second-order valence-corrected chi connectivity index (χ2v) is 5.21. The van der Waals surface area contributed by atoms with Crippen LogP contribution in [0.15, 0.2) is 36.4 Å². The van der Waals surface area contributed by atoms with Gasteiger partial charge in [-0.15, -0.1) is 0 Å². The molecule has 0 amide bonds. The summed E-state index contributed by atoms with van der Waals surface area (Å²) in [5.41, 5.74) is 1.14. The lowest BCUT2D eigenvalue weighted by molar-refractivity contribution is 0.192. The molecule has 0 radical (unpaired) electrons. The molecule has 0 aliphatic rings. The predicted molar refractivity (Wildman–Crippen MR) is 81.0 cm³/mol. The predicted octanol–water partition coefficient (Wildman–Crippen LogP) is 4.15. The zero-order valence-electron chi connectivity index (χ0n) is 10.8. The third kappa shape index (κ3) is 3.85. The first-order chi connectivity index (χ1) is 10.0. The molecule has 3 nitrogen and oxygen atoms in total. The van der Waals surface area contributed by atoms with Crippen molar-refractivity contribution in [3.63, 3.8) is 0 Å². The van der Waals surface area contributed by atoms with Gasteiger partial charge < -0.3 is 10.4 Å². The number of hydrogen-bond donors (Lipinski definition) is 2. The highest BCUT2D eigenvalue weighted by atomic mass is 35.5. The lowest BCUT2D eigenvalue weighted by atomic mass is 10.1. The van der Waals surface area contributed by atoms with Gasteiger partial charge in [0.1, 0.15) is 11.9 Å². The molecule has 6 heteroatoms. The number of anilines is 1. The van der Waals surface area contributed by atoms with Crippen molar-refractivity contribution in [2.75, 3.05) is 11.9 Å². The standard InChI is InChI=1S/C15H11Cl2FN2O/c16-10-1-3-12(13(17)6-10)15(21)8-20-14-4-2-11(18)5-9(14)7-19/h1-6,15,20-21H,8H2. The number of benzene rings is 2. The van der Waals surface area contributed by atoms with E-state index in [2.05, 4.69) is 5.32 Å². The third-order valence-corrected chi connectivity index (χ3v) is 3.47. The highest BCUT2D eigenvalue weighted by Gasteiger charge is 2.13. The summed E-state index contributed by atoms with van der Waals surface area (Å²) in [6.45, 7) is 0.127. The Bertz CT molecular complexity index is 701. The molecule has 0 saturated heterocycles. The van der Waals surface area contributed by atoms with Gasteiger partial charge in [-0.05, 0) is 30.3 Å². The fraction of sp³-hybridized carbons (Fsp3) is 0.133. The first kappa shape index (κ1) is 15.6.